The Bertz CT molecular complexity index is 260. The molecule has 2 heteroatoms. The molecule has 0 bridgehead atoms. The van der Waals surface area contributed by atoms with Gasteiger partial charge in [0.05, 0.1) is 6.61 Å². The molecule has 0 spiro atoms. The summed E-state index contributed by atoms with van der Waals surface area (Å²) in [4.78, 5) is 0. The molecule has 0 heterocycles. The standard InChI is InChI=1S/C12H17FO/c1-2-3-4-7-10-14-12-9-6-5-8-11(12)13/h5-6,8-9H,2-4,7,10H2,1H3. The summed E-state index contributed by atoms with van der Waals surface area (Å²) in [6.45, 7) is 2.78. The third-order valence-corrected chi connectivity index (χ3v) is 2.09. The lowest BCUT2D eigenvalue weighted by Gasteiger charge is -2.06. The van der Waals surface area contributed by atoms with Crippen molar-refractivity contribution in [2.24, 2.45) is 0 Å². The van der Waals surface area contributed by atoms with E-state index in [2.05, 4.69) is 6.92 Å². The Balaban J connectivity index is 2.21. The highest BCUT2D eigenvalue weighted by atomic mass is 19.1. The van der Waals surface area contributed by atoms with E-state index in [0.29, 0.717) is 12.4 Å². The molecule has 0 amide bonds. The lowest BCUT2D eigenvalue weighted by atomic mass is 10.2. The van der Waals surface area contributed by atoms with Crippen LogP contribution in [0.2, 0.25) is 0 Å². The average molecular weight is 196 g/mol. The van der Waals surface area contributed by atoms with Crippen molar-refractivity contribution in [3.63, 3.8) is 0 Å². The van der Waals surface area contributed by atoms with E-state index in [1.165, 1.54) is 18.9 Å². The highest BCUT2D eigenvalue weighted by Crippen LogP contribution is 2.15. The molecule has 0 N–H and O–H groups in total. The van der Waals surface area contributed by atoms with E-state index in [1.54, 1.807) is 18.2 Å². The largest absolute Gasteiger partial charge is 0.491 e. The Labute approximate surface area is 84.9 Å². The Morgan fingerprint density at radius 2 is 1.93 bits per heavy atom. The molecule has 1 rings (SSSR count). The van der Waals surface area contributed by atoms with Gasteiger partial charge in [0, 0.05) is 0 Å². The molecule has 0 aliphatic rings. The summed E-state index contributed by atoms with van der Waals surface area (Å²) in [6.07, 6.45) is 4.59. The van der Waals surface area contributed by atoms with Crippen molar-refractivity contribution in [2.75, 3.05) is 6.61 Å². The van der Waals surface area contributed by atoms with Crippen LogP contribution in [0.5, 0.6) is 5.75 Å². The zero-order chi connectivity index (χ0) is 10.2. The molecule has 0 unspecified atom stereocenters. The fraction of sp³-hybridized carbons (Fsp3) is 0.500. The molecule has 0 aromatic heterocycles. The van der Waals surface area contributed by atoms with E-state index < -0.39 is 0 Å². The number of benzene rings is 1. The van der Waals surface area contributed by atoms with Crippen LogP contribution in [0.4, 0.5) is 4.39 Å². The highest BCUT2D eigenvalue weighted by molar-refractivity contribution is 5.23. The Kier molecular flexibility index (Phi) is 5.05. The van der Waals surface area contributed by atoms with Crippen molar-refractivity contribution in [1.29, 1.82) is 0 Å². The number of halogens is 1. The molecular formula is C12H17FO. The minimum Gasteiger partial charge on any atom is -0.491 e. The number of rotatable bonds is 6. The van der Waals surface area contributed by atoms with Gasteiger partial charge >= 0.3 is 0 Å². The van der Waals surface area contributed by atoms with Crippen molar-refractivity contribution < 1.29 is 9.13 Å². The van der Waals surface area contributed by atoms with Gasteiger partial charge in [-0.2, -0.15) is 0 Å². The van der Waals surface area contributed by atoms with Gasteiger partial charge in [-0.25, -0.2) is 4.39 Å². The van der Waals surface area contributed by atoms with Crippen LogP contribution in [-0.4, -0.2) is 6.61 Å². The molecule has 0 fully saturated rings. The van der Waals surface area contributed by atoms with Gasteiger partial charge in [0.25, 0.3) is 0 Å². The van der Waals surface area contributed by atoms with E-state index in [9.17, 15) is 4.39 Å². The van der Waals surface area contributed by atoms with Gasteiger partial charge < -0.3 is 4.74 Å². The van der Waals surface area contributed by atoms with Crippen molar-refractivity contribution in [2.45, 2.75) is 32.6 Å². The molecule has 0 saturated heterocycles. The van der Waals surface area contributed by atoms with Crippen molar-refractivity contribution in [3.8, 4) is 5.75 Å². The van der Waals surface area contributed by atoms with Crippen molar-refractivity contribution in [3.05, 3.63) is 30.1 Å². The zero-order valence-electron chi connectivity index (χ0n) is 8.63. The predicted molar refractivity (Wildman–Crippen MR) is 56.0 cm³/mol. The Morgan fingerprint density at radius 3 is 2.64 bits per heavy atom. The normalized spacial score (nSPS) is 10.1. The minimum atomic E-state index is -0.275. The van der Waals surface area contributed by atoms with Gasteiger partial charge in [0.15, 0.2) is 11.6 Å². The Hall–Kier alpha value is -1.05. The lowest BCUT2D eigenvalue weighted by molar-refractivity contribution is 0.290. The molecule has 0 aliphatic carbocycles. The molecule has 0 saturated carbocycles. The molecule has 1 nitrogen and oxygen atoms in total. The predicted octanol–water partition coefficient (Wildman–Crippen LogP) is 3.78. The second-order valence-corrected chi connectivity index (χ2v) is 3.34. The van der Waals surface area contributed by atoms with Crippen LogP contribution in [0.15, 0.2) is 24.3 Å². The average Bonchev–Trinajstić information content (AvgIpc) is 2.20. The molecule has 78 valence electrons. The second-order valence-electron chi connectivity index (χ2n) is 3.34. The van der Waals surface area contributed by atoms with Crippen LogP contribution in [0, 0.1) is 5.82 Å². The molecule has 0 aliphatic heterocycles. The van der Waals surface area contributed by atoms with Gasteiger partial charge in [-0.05, 0) is 18.6 Å². The number of hydrogen-bond donors (Lipinski definition) is 0. The first-order valence-corrected chi connectivity index (χ1v) is 5.22. The molecular weight excluding hydrogens is 179 g/mol. The zero-order valence-corrected chi connectivity index (χ0v) is 8.63. The van der Waals surface area contributed by atoms with E-state index in [1.807, 2.05) is 0 Å². The maximum absolute atomic E-state index is 13.0. The van der Waals surface area contributed by atoms with Gasteiger partial charge in [0.2, 0.25) is 0 Å². The van der Waals surface area contributed by atoms with Crippen LogP contribution < -0.4 is 4.74 Å². The van der Waals surface area contributed by atoms with Gasteiger partial charge in [-0.1, -0.05) is 38.3 Å². The maximum Gasteiger partial charge on any atom is 0.165 e. The molecule has 0 atom stereocenters. The van der Waals surface area contributed by atoms with Crippen LogP contribution in [0.3, 0.4) is 0 Å². The number of hydrogen-bond acceptors (Lipinski definition) is 1. The quantitative estimate of drug-likeness (QED) is 0.629. The van der Waals surface area contributed by atoms with E-state index in [0.717, 1.165) is 12.8 Å². The summed E-state index contributed by atoms with van der Waals surface area (Å²) in [5.41, 5.74) is 0. The minimum absolute atomic E-state index is 0.275. The van der Waals surface area contributed by atoms with E-state index in [4.69, 9.17) is 4.74 Å². The summed E-state index contributed by atoms with van der Waals surface area (Å²) < 4.78 is 18.3. The number of ether oxygens (including phenoxy) is 1. The van der Waals surface area contributed by atoms with E-state index >= 15 is 0 Å². The number of para-hydroxylation sites is 1. The first-order valence-electron chi connectivity index (χ1n) is 5.22. The Morgan fingerprint density at radius 1 is 1.14 bits per heavy atom. The van der Waals surface area contributed by atoms with Crippen molar-refractivity contribution >= 4 is 0 Å². The summed E-state index contributed by atoms with van der Waals surface area (Å²) in [7, 11) is 0. The summed E-state index contributed by atoms with van der Waals surface area (Å²) in [5.74, 6) is 0.0898. The summed E-state index contributed by atoms with van der Waals surface area (Å²) in [6, 6.07) is 6.53. The summed E-state index contributed by atoms with van der Waals surface area (Å²) in [5, 5.41) is 0. The third-order valence-electron chi connectivity index (χ3n) is 2.09. The number of unbranched alkanes of at least 4 members (excludes halogenated alkanes) is 3. The van der Waals surface area contributed by atoms with Gasteiger partial charge in [-0.15, -0.1) is 0 Å². The second kappa shape index (κ2) is 6.41. The molecule has 0 radical (unpaired) electrons. The van der Waals surface area contributed by atoms with Crippen LogP contribution >= 0.6 is 0 Å². The maximum atomic E-state index is 13.0. The first kappa shape index (κ1) is 11.0. The molecule has 1 aromatic rings. The smallest absolute Gasteiger partial charge is 0.165 e. The van der Waals surface area contributed by atoms with Crippen LogP contribution in [-0.2, 0) is 0 Å². The van der Waals surface area contributed by atoms with Gasteiger partial charge in [0.1, 0.15) is 0 Å². The topological polar surface area (TPSA) is 9.23 Å². The lowest BCUT2D eigenvalue weighted by Crippen LogP contribution is -1.98. The third kappa shape index (κ3) is 3.77. The molecule has 14 heavy (non-hydrogen) atoms. The van der Waals surface area contributed by atoms with Crippen molar-refractivity contribution in [1.82, 2.24) is 0 Å². The van der Waals surface area contributed by atoms with Gasteiger partial charge in [-0.3, -0.25) is 0 Å². The van der Waals surface area contributed by atoms with Crippen LogP contribution in [0.25, 0.3) is 0 Å². The highest BCUT2D eigenvalue weighted by Gasteiger charge is 1.99. The fourth-order valence-electron chi connectivity index (χ4n) is 1.27. The SMILES string of the molecule is CCCCCCOc1ccccc1F. The molecule has 1 aromatic carbocycles. The van der Waals surface area contributed by atoms with E-state index in [-0.39, 0.29) is 5.82 Å². The van der Waals surface area contributed by atoms with Crippen LogP contribution in [0.1, 0.15) is 32.6 Å². The monoisotopic (exact) mass is 196 g/mol. The fourth-order valence-corrected chi connectivity index (χ4v) is 1.27. The summed E-state index contributed by atoms with van der Waals surface area (Å²) >= 11 is 0. The first-order chi connectivity index (χ1) is 6.84.